The molecule has 0 saturated heterocycles. The fraction of sp³-hybridized carbons (Fsp3) is 0.348. The normalized spacial score (nSPS) is 13.4. The Morgan fingerprint density at radius 3 is 2.90 bits per heavy atom. The van der Waals surface area contributed by atoms with Crippen LogP contribution >= 0.6 is 0 Å². The zero-order valence-electron chi connectivity index (χ0n) is 17.1. The Balaban J connectivity index is 1.52. The molecule has 3 heterocycles. The fourth-order valence-corrected chi connectivity index (χ4v) is 4.10. The maximum atomic E-state index is 13.7. The van der Waals surface area contributed by atoms with E-state index in [1.807, 2.05) is 23.1 Å². The number of rotatable bonds is 8. The van der Waals surface area contributed by atoms with Gasteiger partial charge in [0.2, 0.25) is 5.91 Å². The van der Waals surface area contributed by atoms with Gasteiger partial charge in [0.05, 0.1) is 6.54 Å². The number of ether oxygens (including phenoxy) is 1. The van der Waals surface area contributed by atoms with Crippen molar-refractivity contribution in [2.45, 2.75) is 32.4 Å². The van der Waals surface area contributed by atoms with Crippen LogP contribution in [0.15, 0.2) is 42.6 Å². The Labute approximate surface area is 179 Å². The number of hydrogen-bond donors (Lipinski definition) is 1. The van der Waals surface area contributed by atoms with E-state index in [1.54, 1.807) is 12.3 Å². The van der Waals surface area contributed by atoms with Crippen molar-refractivity contribution >= 4 is 22.9 Å². The molecule has 2 aromatic heterocycles. The lowest BCUT2D eigenvalue weighted by Gasteiger charge is -2.28. The summed E-state index contributed by atoms with van der Waals surface area (Å²) in [5.74, 6) is -1.28. The predicted octanol–water partition coefficient (Wildman–Crippen LogP) is 2.99. The summed E-state index contributed by atoms with van der Waals surface area (Å²) < 4.78 is 20.8. The average Bonchev–Trinajstić information content (AvgIpc) is 3.06. The zero-order valence-corrected chi connectivity index (χ0v) is 17.1. The van der Waals surface area contributed by atoms with Crippen molar-refractivity contribution in [1.82, 2.24) is 14.5 Å². The first-order valence-corrected chi connectivity index (χ1v) is 10.3. The van der Waals surface area contributed by atoms with Gasteiger partial charge in [-0.25, -0.2) is 14.2 Å². The number of aromatic nitrogens is 2. The van der Waals surface area contributed by atoms with Crippen LogP contribution in [-0.2, 0) is 33.8 Å². The summed E-state index contributed by atoms with van der Waals surface area (Å²) in [5, 5.41) is 9.67. The molecule has 0 radical (unpaired) electrons. The van der Waals surface area contributed by atoms with Crippen molar-refractivity contribution in [2.24, 2.45) is 0 Å². The van der Waals surface area contributed by atoms with Gasteiger partial charge in [-0.15, -0.1) is 0 Å². The minimum atomic E-state index is -1.02. The second-order valence-electron chi connectivity index (χ2n) is 7.63. The van der Waals surface area contributed by atoms with Gasteiger partial charge in [0, 0.05) is 43.4 Å². The third-order valence-corrected chi connectivity index (χ3v) is 5.50. The standard InChI is InChI=1S/C23H24FN3O4/c24-17-5-1-4-16(12-17)13-27-20-14-26(21(28)7-3-11-31-15-22(29)30)10-8-18(20)19-6-2-9-25-23(19)27/h1-2,4-6,9,12H,3,7-8,10-11,13-15H2,(H,29,30). The molecule has 0 spiro atoms. The van der Waals surface area contributed by atoms with Crippen LogP contribution in [0.4, 0.5) is 4.39 Å². The first-order valence-electron chi connectivity index (χ1n) is 10.3. The highest BCUT2D eigenvalue weighted by Crippen LogP contribution is 2.30. The molecule has 1 N–H and O–H groups in total. The molecule has 0 fully saturated rings. The molecule has 1 aliphatic heterocycles. The Kier molecular flexibility index (Phi) is 6.27. The van der Waals surface area contributed by atoms with Gasteiger partial charge < -0.3 is 19.3 Å². The molecule has 31 heavy (non-hydrogen) atoms. The number of carbonyl (C=O) groups excluding carboxylic acids is 1. The van der Waals surface area contributed by atoms with Gasteiger partial charge in [-0.05, 0) is 48.2 Å². The van der Waals surface area contributed by atoms with Crippen LogP contribution in [0.1, 0.15) is 29.7 Å². The van der Waals surface area contributed by atoms with Crippen LogP contribution in [0.25, 0.3) is 11.0 Å². The second kappa shape index (κ2) is 9.26. The van der Waals surface area contributed by atoms with Crippen molar-refractivity contribution in [1.29, 1.82) is 0 Å². The molecule has 162 valence electrons. The molecule has 0 aliphatic carbocycles. The van der Waals surface area contributed by atoms with Crippen LogP contribution in [0.5, 0.6) is 0 Å². The number of aliphatic carboxylic acids is 1. The van der Waals surface area contributed by atoms with Crippen LogP contribution < -0.4 is 0 Å². The molecule has 0 bridgehead atoms. The van der Waals surface area contributed by atoms with Gasteiger partial charge in [-0.1, -0.05) is 12.1 Å². The molecular formula is C23H24FN3O4. The SMILES string of the molecule is O=C(O)COCCCC(=O)N1CCc2c(n(Cc3cccc(F)c3)c3ncccc23)C1. The number of halogens is 1. The number of carboxylic acids is 1. The Morgan fingerprint density at radius 2 is 2.10 bits per heavy atom. The maximum Gasteiger partial charge on any atom is 0.329 e. The van der Waals surface area contributed by atoms with Crippen LogP contribution in [-0.4, -0.2) is 51.2 Å². The van der Waals surface area contributed by atoms with E-state index in [9.17, 15) is 14.0 Å². The van der Waals surface area contributed by atoms with Crippen molar-refractivity contribution in [3.63, 3.8) is 0 Å². The Hall–Kier alpha value is -3.26. The lowest BCUT2D eigenvalue weighted by atomic mass is 10.0. The summed E-state index contributed by atoms with van der Waals surface area (Å²) in [6.45, 7) is 1.45. The van der Waals surface area contributed by atoms with Crippen molar-refractivity contribution < 1.29 is 23.8 Å². The molecule has 0 atom stereocenters. The van der Waals surface area contributed by atoms with Crippen LogP contribution in [0.3, 0.4) is 0 Å². The van der Waals surface area contributed by atoms with Gasteiger partial charge in [-0.2, -0.15) is 0 Å². The smallest absolute Gasteiger partial charge is 0.329 e. The van der Waals surface area contributed by atoms with E-state index in [-0.39, 0.29) is 24.9 Å². The average molecular weight is 425 g/mol. The molecule has 7 nitrogen and oxygen atoms in total. The predicted molar refractivity (Wildman–Crippen MR) is 112 cm³/mol. The van der Waals surface area contributed by atoms with Gasteiger partial charge >= 0.3 is 5.97 Å². The molecular weight excluding hydrogens is 401 g/mol. The van der Waals surface area contributed by atoms with Gasteiger partial charge in [-0.3, -0.25) is 4.79 Å². The fourth-order valence-electron chi connectivity index (χ4n) is 4.10. The number of fused-ring (bicyclic) bond motifs is 3. The minimum absolute atomic E-state index is 0.0140. The van der Waals surface area contributed by atoms with E-state index >= 15 is 0 Å². The summed E-state index contributed by atoms with van der Waals surface area (Å²) in [6, 6.07) is 10.5. The molecule has 1 aromatic carbocycles. The highest BCUT2D eigenvalue weighted by atomic mass is 19.1. The first kappa shape index (κ1) is 21.0. The summed E-state index contributed by atoms with van der Waals surface area (Å²) in [5.41, 5.74) is 3.89. The van der Waals surface area contributed by atoms with Crippen molar-refractivity contribution in [3.05, 3.63) is 65.2 Å². The summed E-state index contributed by atoms with van der Waals surface area (Å²) in [4.78, 5) is 29.6. The molecule has 8 heteroatoms. The van der Waals surface area contributed by atoms with E-state index in [0.29, 0.717) is 32.5 Å². The van der Waals surface area contributed by atoms with Gasteiger partial charge in [0.1, 0.15) is 18.1 Å². The number of nitrogens with zero attached hydrogens (tertiary/aromatic N) is 3. The van der Waals surface area contributed by atoms with E-state index in [4.69, 9.17) is 9.84 Å². The number of carbonyl (C=O) groups is 2. The van der Waals surface area contributed by atoms with Crippen LogP contribution in [0, 0.1) is 5.82 Å². The van der Waals surface area contributed by atoms with Gasteiger partial charge in [0.15, 0.2) is 0 Å². The first-order chi connectivity index (χ1) is 15.0. The number of benzene rings is 1. The van der Waals surface area contributed by atoms with Crippen molar-refractivity contribution in [2.75, 3.05) is 19.8 Å². The highest BCUT2D eigenvalue weighted by Gasteiger charge is 2.27. The quantitative estimate of drug-likeness (QED) is 0.561. The topological polar surface area (TPSA) is 84.7 Å². The minimum Gasteiger partial charge on any atom is -0.480 e. The molecule has 0 saturated carbocycles. The molecule has 0 unspecified atom stereocenters. The number of pyridine rings is 1. The lowest BCUT2D eigenvalue weighted by molar-refractivity contribution is -0.142. The molecule has 3 aromatic rings. The highest BCUT2D eigenvalue weighted by molar-refractivity contribution is 5.84. The summed E-state index contributed by atoms with van der Waals surface area (Å²) >= 11 is 0. The number of amides is 1. The molecule has 4 rings (SSSR count). The molecule has 1 aliphatic rings. The van der Waals surface area contributed by atoms with E-state index in [1.165, 1.54) is 17.7 Å². The third kappa shape index (κ3) is 4.74. The summed E-state index contributed by atoms with van der Waals surface area (Å²) in [6.07, 6.45) is 3.26. The van der Waals surface area contributed by atoms with Crippen LogP contribution in [0.2, 0.25) is 0 Å². The number of carboxylic acid groups (broad SMARTS) is 1. The van der Waals surface area contributed by atoms with Crippen molar-refractivity contribution in [3.8, 4) is 0 Å². The zero-order chi connectivity index (χ0) is 21.8. The monoisotopic (exact) mass is 425 g/mol. The Bertz CT molecular complexity index is 1110. The molecule has 1 amide bonds. The third-order valence-electron chi connectivity index (χ3n) is 5.50. The lowest BCUT2D eigenvalue weighted by Crippen LogP contribution is -2.36. The van der Waals surface area contributed by atoms with E-state index in [0.717, 1.165) is 28.7 Å². The maximum absolute atomic E-state index is 13.7. The van der Waals surface area contributed by atoms with Gasteiger partial charge in [0.25, 0.3) is 0 Å². The van der Waals surface area contributed by atoms with E-state index < -0.39 is 5.97 Å². The van der Waals surface area contributed by atoms with E-state index in [2.05, 4.69) is 9.55 Å². The number of hydrogen-bond acceptors (Lipinski definition) is 4. The Morgan fingerprint density at radius 1 is 1.23 bits per heavy atom. The second-order valence-corrected chi connectivity index (χ2v) is 7.63. The summed E-state index contributed by atoms with van der Waals surface area (Å²) in [7, 11) is 0. The largest absolute Gasteiger partial charge is 0.480 e.